The first kappa shape index (κ1) is 25.8. The van der Waals surface area contributed by atoms with Crippen molar-refractivity contribution in [2.45, 2.75) is 71.7 Å². The van der Waals surface area contributed by atoms with Crippen LogP contribution in [0.2, 0.25) is 0 Å². The summed E-state index contributed by atoms with van der Waals surface area (Å²) in [4.78, 5) is 48.0. The molecule has 0 radical (unpaired) electrons. The number of hydrogen-bond donors (Lipinski definition) is 6. The summed E-state index contributed by atoms with van der Waals surface area (Å²) in [6.07, 6.45) is -0.712. The zero-order valence-electron chi connectivity index (χ0n) is 17.2. The van der Waals surface area contributed by atoms with Crippen molar-refractivity contribution < 1.29 is 29.4 Å². The highest BCUT2D eigenvalue weighted by molar-refractivity contribution is 5.93. The third-order valence-corrected chi connectivity index (χ3v) is 3.93. The van der Waals surface area contributed by atoms with Crippen LogP contribution in [0.3, 0.4) is 0 Å². The van der Waals surface area contributed by atoms with Crippen molar-refractivity contribution >= 4 is 23.7 Å². The molecule has 0 fully saturated rings. The number of carboxylic acid groups (broad SMARTS) is 1. The number of rotatable bonds is 12. The molecule has 0 aliphatic rings. The summed E-state index contributed by atoms with van der Waals surface area (Å²) in [5.74, 6) is -3.04. The van der Waals surface area contributed by atoms with Crippen LogP contribution in [0.25, 0.3) is 0 Å². The zero-order chi connectivity index (χ0) is 22.0. The molecule has 0 saturated carbocycles. The molecular formula is C18H34N4O6. The molecule has 0 aliphatic carbocycles. The van der Waals surface area contributed by atoms with Crippen LogP contribution in [0, 0.1) is 11.8 Å². The van der Waals surface area contributed by atoms with Crippen molar-refractivity contribution in [1.82, 2.24) is 16.0 Å². The predicted octanol–water partition coefficient (Wildman–Crippen LogP) is -1.04. The minimum atomic E-state index is -1.50. The van der Waals surface area contributed by atoms with Crippen molar-refractivity contribution in [3.05, 3.63) is 0 Å². The number of carbonyl (C=O) groups is 4. The Hall–Kier alpha value is -2.20. The summed E-state index contributed by atoms with van der Waals surface area (Å²) >= 11 is 0. The van der Waals surface area contributed by atoms with Crippen LogP contribution in [0.1, 0.15) is 47.5 Å². The molecule has 0 aromatic carbocycles. The van der Waals surface area contributed by atoms with Gasteiger partial charge < -0.3 is 31.9 Å². The number of aliphatic hydroxyl groups is 1. The minimum Gasteiger partial charge on any atom is -0.480 e. The van der Waals surface area contributed by atoms with Gasteiger partial charge in [-0.1, -0.05) is 27.7 Å². The lowest BCUT2D eigenvalue weighted by Crippen LogP contribution is -2.58. The molecule has 0 aromatic heterocycles. The maximum Gasteiger partial charge on any atom is 0.328 e. The fourth-order valence-corrected chi connectivity index (χ4v) is 2.57. The van der Waals surface area contributed by atoms with E-state index in [1.807, 2.05) is 27.7 Å². The largest absolute Gasteiger partial charge is 0.480 e. The highest BCUT2D eigenvalue weighted by Gasteiger charge is 2.31. The lowest BCUT2D eigenvalue weighted by Gasteiger charge is -2.26. The molecule has 28 heavy (non-hydrogen) atoms. The number of carbonyl (C=O) groups excluding carboxylic acids is 3. The Morgan fingerprint density at radius 2 is 1.25 bits per heavy atom. The molecule has 0 spiro atoms. The molecule has 10 nitrogen and oxygen atoms in total. The van der Waals surface area contributed by atoms with Gasteiger partial charge in [0.1, 0.15) is 12.1 Å². The third-order valence-electron chi connectivity index (χ3n) is 3.93. The topological polar surface area (TPSA) is 171 Å². The minimum absolute atomic E-state index is 0.0214. The summed E-state index contributed by atoms with van der Waals surface area (Å²) in [6.45, 7) is 8.43. The highest BCUT2D eigenvalue weighted by Crippen LogP contribution is 2.09. The molecule has 7 N–H and O–H groups in total. The van der Waals surface area contributed by atoms with Crippen LogP contribution < -0.4 is 21.7 Å². The lowest BCUT2D eigenvalue weighted by atomic mass is 9.99. The molecule has 10 heteroatoms. The number of aliphatic carboxylic acids is 1. The van der Waals surface area contributed by atoms with Gasteiger partial charge in [0, 0.05) is 0 Å². The fraction of sp³-hybridized carbons (Fsp3) is 0.778. The Morgan fingerprint density at radius 3 is 1.61 bits per heavy atom. The predicted molar refractivity (Wildman–Crippen MR) is 103 cm³/mol. The zero-order valence-corrected chi connectivity index (χ0v) is 17.2. The summed E-state index contributed by atoms with van der Waals surface area (Å²) in [5.41, 5.74) is 5.29. The van der Waals surface area contributed by atoms with E-state index < -0.39 is 47.9 Å². The van der Waals surface area contributed by atoms with Gasteiger partial charge in [-0.25, -0.2) is 4.79 Å². The maximum absolute atomic E-state index is 12.7. The normalized spacial score (nSPS) is 15.5. The second-order valence-electron chi connectivity index (χ2n) is 7.71. The van der Waals surface area contributed by atoms with Crippen molar-refractivity contribution in [2.24, 2.45) is 17.6 Å². The SMILES string of the molecule is CC(C)CC(NC(=O)CN)C(=O)NC(CC(C)C)C(=O)NC(C(=O)O)C(C)O. The molecule has 162 valence electrons. The van der Waals surface area contributed by atoms with Gasteiger partial charge in [-0.05, 0) is 31.6 Å². The van der Waals surface area contributed by atoms with Gasteiger partial charge in [-0.3, -0.25) is 14.4 Å². The Labute approximate surface area is 165 Å². The van der Waals surface area contributed by atoms with Crippen LogP contribution in [-0.4, -0.2) is 64.7 Å². The highest BCUT2D eigenvalue weighted by atomic mass is 16.4. The van der Waals surface area contributed by atoms with Crippen LogP contribution in [0.15, 0.2) is 0 Å². The van der Waals surface area contributed by atoms with Crippen molar-refractivity contribution in [3.8, 4) is 0 Å². The number of amides is 3. The number of nitrogens with two attached hydrogens (primary N) is 1. The van der Waals surface area contributed by atoms with Crippen molar-refractivity contribution in [2.75, 3.05) is 6.54 Å². The summed E-state index contributed by atoms with van der Waals surface area (Å²) in [5, 5.41) is 26.0. The number of hydrogen-bond acceptors (Lipinski definition) is 6. The fourth-order valence-electron chi connectivity index (χ4n) is 2.57. The summed E-state index contributed by atoms with van der Waals surface area (Å²) in [7, 11) is 0. The average Bonchev–Trinajstić information content (AvgIpc) is 2.56. The Morgan fingerprint density at radius 1 is 0.821 bits per heavy atom. The molecule has 0 aliphatic heterocycles. The molecule has 0 heterocycles. The first-order valence-electron chi connectivity index (χ1n) is 9.40. The Balaban J connectivity index is 5.36. The van der Waals surface area contributed by atoms with Gasteiger partial charge in [0.2, 0.25) is 17.7 Å². The standard InChI is InChI=1S/C18H34N4O6/c1-9(2)6-12(20-14(24)8-19)16(25)21-13(7-10(3)4)17(26)22-15(11(5)23)18(27)28/h9-13,15,23H,6-8,19H2,1-5H3,(H,20,24)(H,21,25)(H,22,26)(H,27,28). The van der Waals surface area contributed by atoms with Crippen LogP contribution in [0.4, 0.5) is 0 Å². The third kappa shape index (κ3) is 9.65. The van der Waals surface area contributed by atoms with E-state index in [-0.39, 0.29) is 24.8 Å². The number of carboxylic acids is 1. The molecular weight excluding hydrogens is 368 g/mol. The quantitative estimate of drug-likeness (QED) is 0.242. The van der Waals surface area contributed by atoms with Gasteiger partial charge >= 0.3 is 5.97 Å². The monoisotopic (exact) mass is 402 g/mol. The Kier molecular flexibility index (Phi) is 11.3. The van der Waals surface area contributed by atoms with E-state index >= 15 is 0 Å². The van der Waals surface area contributed by atoms with E-state index in [9.17, 15) is 24.3 Å². The lowest BCUT2D eigenvalue weighted by molar-refractivity contribution is -0.145. The van der Waals surface area contributed by atoms with E-state index in [0.29, 0.717) is 6.42 Å². The van der Waals surface area contributed by atoms with Crippen LogP contribution in [0.5, 0.6) is 0 Å². The van der Waals surface area contributed by atoms with Crippen LogP contribution in [-0.2, 0) is 19.2 Å². The van der Waals surface area contributed by atoms with Gasteiger partial charge in [-0.15, -0.1) is 0 Å². The number of aliphatic hydroxyl groups excluding tert-OH is 1. The first-order valence-corrected chi connectivity index (χ1v) is 9.40. The average molecular weight is 402 g/mol. The smallest absolute Gasteiger partial charge is 0.328 e. The van der Waals surface area contributed by atoms with E-state index in [2.05, 4.69) is 16.0 Å². The first-order chi connectivity index (χ1) is 12.9. The van der Waals surface area contributed by atoms with E-state index in [4.69, 9.17) is 10.8 Å². The van der Waals surface area contributed by atoms with Gasteiger partial charge in [0.15, 0.2) is 6.04 Å². The molecule has 3 amide bonds. The second-order valence-corrected chi connectivity index (χ2v) is 7.71. The van der Waals surface area contributed by atoms with E-state index in [1.165, 1.54) is 6.92 Å². The molecule has 0 aromatic rings. The molecule has 4 atom stereocenters. The summed E-state index contributed by atoms with van der Waals surface area (Å²) in [6, 6.07) is -3.38. The van der Waals surface area contributed by atoms with Gasteiger partial charge in [-0.2, -0.15) is 0 Å². The van der Waals surface area contributed by atoms with Crippen LogP contribution >= 0.6 is 0 Å². The summed E-state index contributed by atoms with van der Waals surface area (Å²) < 4.78 is 0. The van der Waals surface area contributed by atoms with Gasteiger partial charge in [0.05, 0.1) is 12.6 Å². The van der Waals surface area contributed by atoms with Crippen molar-refractivity contribution in [3.63, 3.8) is 0 Å². The second kappa shape index (κ2) is 12.3. The molecule has 0 saturated heterocycles. The number of nitrogens with one attached hydrogen (secondary N) is 3. The van der Waals surface area contributed by atoms with E-state index in [0.717, 1.165) is 0 Å². The van der Waals surface area contributed by atoms with E-state index in [1.54, 1.807) is 0 Å². The van der Waals surface area contributed by atoms with Gasteiger partial charge in [0.25, 0.3) is 0 Å². The Bertz CT molecular complexity index is 550. The van der Waals surface area contributed by atoms with Crippen molar-refractivity contribution in [1.29, 1.82) is 0 Å². The maximum atomic E-state index is 12.7. The molecule has 0 rings (SSSR count). The molecule has 0 bridgehead atoms. The molecule has 4 unspecified atom stereocenters.